The number of hydrogen-bond donors (Lipinski definition) is 3. The smallest absolute Gasteiger partial charge is 0.319 e. The van der Waals surface area contributed by atoms with E-state index in [0.717, 1.165) is 25.3 Å². The number of hydrogen-bond acceptors (Lipinski definition) is 2. The number of benzene rings is 1. The minimum atomic E-state index is -0.123. The molecule has 2 rings (SSSR count). The van der Waals surface area contributed by atoms with E-state index in [1.807, 2.05) is 31.2 Å². The molecule has 1 heterocycles. The number of nitrogens with one attached hydrogen (secondary N) is 3. The lowest BCUT2D eigenvalue weighted by Gasteiger charge is -2.29. The van der Waals surface area contributed by atoms with Crippen LogP contribution in [0.1, 0.15) is 18.9 Å². The van der Waals surface area contributed by atoms with E-state index >= 15 is 0 Å². The fraction of sp³-hybridized carbons (Fsp3) is 0.533. The number of aryl methyl sites for hydroxylation is 1. The Morgan fingerprint density at radius 3 is 2.79 bits per heavy atom. The molecule has 1 aromatic carbocycles. The summed E-state index contributed by atoms with van der Waals surface area (Å²) < 4.78 is 0. The highest BCUT2D eigenvalue weighted by Gasteiger charge is 2.21. The van der Waals surface area contributed by atoms with Crippen LogP contribution in [0.25, 0.3) is 0 Å². The van der Waals surface area contributed by atoms with E-state index in [-0.39, 0.29) is 6.03 Å². The zero-order valence-corrected chi connectivity index (χ0v) is 11.7. The Morgan fingerprint density at radius 1 is 1.37 bits per heavy atom. The topological polar surface area (TPSA) is 53.2 Å². The number of urea groups is 1. The minimum absolute atomic E-state index is 0.123. The molecule has 0 radical (unpaired) electrons. The second-order valence-corrected chi connectivity index (χ2v) is 5.43. The molecule has 0 saturated carbocycles. The van der Waals surface area contributed by atoms with Crippen molar-refractivity contribution < 1.29 is 4.79 Å². The van der Waals surface area contributed by atoms with Gasteiger partial charge in [-0.3, -0.25) is 0 Å². The number of piperidine rings is 1. The Morgan fingerprint density at radius 2 is 2.11 bits per heavy atom. The van der Waals surface area contributed by atoms with E-state index in [4.69, 9.17) is 0 Å². The van der Waals surface area contributed by atoms with Gasteiger partial charge in [0.2, 0.25) is 0 Å². The Labute approximate surface area is 115 Å². The van der Waals surface area contributed by atoms with Crippen molar-refractivity contribution in [1.29, 1.82) is 0 Å². The van der Waals surface area contributed by atoms with Gasteiger partial charge in [0.25, 0.3) is 0 Å². The monoisotopic (exact) mass is 261 g/mol. The van der Waals surface area contributed by atoms with E-state index in [1.165, 1.54) is 12.0 Å². The van der Waals surface area contributed by atoms with Crippen LogP contribution in [-0.2, 0) is 0 Å². The van der Waals surface area contributed by atoms with Gasteiger partial charge in [0.15, 0.2) is 0 Å². The molecule has 1 saturated heterocycles. The number of rotatable bonds is 3. The Hall–Kier alpha value is -1.55. The largest absolute Gasteiger partial charge is 0.338 e. The van der Waals surface area contributed by atoms with Gasteiger partial charge >= 0.3 is 6.03 Å². The van der Waals surface area contributed by atoms with Crippen molar-refractivity contribution >= 4 is 11.7 Å². The van der Waals surface area contributed by atoms with Crippen LogP contribution in [0.3, 0.4) is 0 Å². The molecule has 4 nitrogen and oxygen atoms in total. The van der Waals surface area contributed by atoms with Gasteiger partial charge in [0.05, 0.1) is 0 Å². The first-order chi connectivity index (χ1) is 9.15. The van der Waals surface area contributed by atoms with Crippen LogP contribution in [0, 0.1) is 18.8 Å². The third-order valence-corrected chi connectivity index (χ3v) is 3.82. The van der Waals surface area contributed by atoms with Crippen molar-refractivity contribution in [3.05, 3.63) is 29.8 Å². The summed E-state index contributed by atoms with van der Waals surface area (Å²) in [4.78, 5) is 11.8. The molecule has 1 aliphatic rings. The number of anilines is 1. The van der Waals surface area contributed by atoms with Crippen LogP contribution in [0.2, 0.25) is 0 Å². The molecule has 2 atom stereocenters. The van der Waals surface area contributed by atoms with E-state index in [9.17, 15) is 4.79 Å². The average Bonchev–Trinajstić information content (AvgIpc) is 2.40. The summed E-state index contributed by atoms with van der Waals surface area (Å²) >= 11 is 0. The van der Waals surface area contributed by atoms with Gasteiger partial charge in [0.1, 0.15) is 0 Å². The van der Waals surface area contributed by atoms with Crippen LogP contribution in [-0.4, -0.2) is 25.7 Å². The number of carbonyl (C=O) groups is 1. The third kappa shape index (κ3) is 4.24. The normalized spacial score (nSPS) is 22.8. The molecule has 2 amide bonds. The molecule has 0 aliphatic carbocycles. The van der Waals surface area contributed by atoms with Gasteiger partial charge in [-0.1, -0.05) is 24.6 Å². The van der Waals surface area contributed by atoms with Crippen molar-refractivity contribution in [2.75, 3.05) is 25.0 Å². The maximum Gasteiger partial charge on any atom is 0.319 e. The zero-order chi connectivity index (χ0) is 13.7. The molecular weight excluding hydrogens is 238 g/mol. The second kappa shape index (κ2) is 6.57. The van der Waals surface area contributed by atoms with Gasteiger partial charge in [-0.2, -0.15) is 0 Å². The van der Waals surface area contributed by atoms with Crippen molar-refractivity contribution in [2.45, 2.75) is 20.3 Å². The zero-order valence-electron chi connectivity index (χ0n) is 11.7. The van der Waals surface area contributed by atoms with Crippen LogP contribution >= 0.6 is 0 Å². The lowest BCUT2D eigenvalue weighted by molar-refractivity contribution is 0.238. The van der Waals surface area contributed by atoms with Gasteiger partial charge in [-0.05, 0) is 50.4 Å². The Bertz CT molecular complexity index is 416. The summed E-state index contributed by atoms with van der Waals surface area (Å²) in [6.07, 6.45) is 1.19. The van der Waals surface area contributed by atoms with E-state index in [0.29, 0.717) is 11.8 Å². The highest BCUT2D eigenvalue weighted by Crippen LogP contribution is 2.17. The molecule has 0 spiro atoms. The molecule has 0 aromatic heterocycles. The van der Waals surface area contributed by atoms with E-state index in [2.05, 4.69) is 22.9 Å². The molecule has 19 heavy (non-hydrogen) atoms. The summed E-state index contributed by atoms with van der Waals surface area (Å²) in [5.41, 5.74) is 2.02. The molecule has 0 bridgehead atoms. The first-order valence-electron chi connectivity index (χ1n) is 6.97. The van der Waals surface area contributed by atoms with Crippen molar-refractivity contribution in [2.24, 2.45) is 11.8 Å². The fourth-order valence-electron chi connectivity index (χ4n) is 2.36. The van der Waals surface area contributed by atoms with Gasteiger partial charge in [-0.25, -0.2) is 4.79 Å². The molecule has 1 aliphatic heterocycles. The molecule has 1 aromatic rings. The van der Waals surface area contributed by atoms with E-state index in [1.54, 1.807) is 0 Å². The summed E-state index contributed by atoms with van der Waals surface area (Å²) in [7, 11) is 0. The molecular formula is C15H23N3O. The third-order valence-electron chi connectivity index (χ3n) is 3.82. The predicted molar refractivity (Wildman–Crippen MR) is 78.3 cm³/mol. The summed E-state index contributed by atoms with van der Waals surface area (Å²) in [5, 5.41) is 9.18. The molecule has 2 unspecified atom stereocenters. The van der Waals surface area contributed by atoms with Gasteiger partial charge in [-0.15, -0.1) is 0 Å². The maximum absolute atomic E-state index is 11.8. The van der Waals surface area contributed by atoms with Crippen LogP contribution in [0.5, 0.6) is 0 Å². The summed E-state index contributed by atoms with van der Waals surface area (Å²) in [5.74, 6) is 1.19. The maximum atomic E-state index is 11.8. The van der Waals surface area contributed by atoms with Crippen LogP contribution in [0.4, 0.5) is 10.5 Å². The standard InChI is InChI=1S/C15H23N3O/c1-11-3-5-14(6-4-11)18-15(19)17-10-13-9-16-8-7-12(13)2/h3-6,12-13,16H,7-10H2,1-2H3,(H2,17,18,19). The van der Waals surface area contributed by atoms with Crippen LogP contribution in [0.15, 0.2) is 24.3 Å². The lowest BCUT2D eigenvalue weighted by Crippen LogP contribution is -2.43. The highest BCUT2D eigenvalue weighted by atomic mass is 16.2. The fourth-order valence-corrected chi connectivity index (χ4v) is 2.36. The van der Waals surface area contributed by atoms with Gasteiger partial charge < -0.3 is 16.0 Å². The predicted octanol–water partition coefficient (Wildman–Crippen LogP) is 2.36. The SMILES string of the molecule is Cc1ccc(NC(=O)NCC2CNCCC2C)cc1. The average molecular weight is 261 g/mol. The van der Waals surface area contributed by atoms with Crippen molar-refractivity contribution in [3.8, 4) is 0 Å². The molecule has 104 valence electrons. The quantitative estimate of drug-likeness (QED) is 0.782. The Balaban J connectivity index is 1.76. The molecule has 3 N–H and O–H groups in total. The van der Waals surface area contributed by atoms with Gasteiger partial charge in [0, 0.05) is 12.2 Å². The van der Waals surface area contributed by atoms with Crippen LogP contribution < -0.4 is 16.0 Å². The van der Waals surface area contributed by atoms with Crippen molar-refractivity contribution in [3.63, 3.8) is 0 Å². The second-order valence-electron chi connectivity index (χ2n) is 5.43. The number of carbonyl (C=O) groups excluding carboxylic acids is 1. The lowest BCUT2D eigenvalue weighted by atomic mass is 9.88. The van der Waals surface area contributed by atoms with Crippen molar-refractivity contribution in [1.82, 2.24) is 10.6 Å². The minimum Gasteiger partial charge on any atom is -0.338 e. The molecule has 4 heteroatoms. The Kier molecular flexibility index (Phi) is 4.80. The number of amides is 2. The first-order valence-corrected chi connectivity index (χ1v) is 6.97. The van der Waals surface area contributed by atoms with E-state index < -0.39 is 0 Å². The first kappa shape index (κ1) is 13.9. The summed E-state index contributed by atoms with van der Waals surface area (Å²) in [6.45, 7) is 7.09. The highest BCUT2D eigenvalue weighted by molar-refractivity contribution is 5.89. The summed E-state index contributed by atoms with van der Waals surface area (Å²) in [6, 6.07) is 7.69. The molecule has 1 fully saturated rings.